The minimum absolute atomic E-state index is 0.125. The topological polar surface area (TPSA) is 46.2 Å². The van der Waals surface area contributed by atoms with Gasteiger partial charge in [0, 0.05) is 11.5 Å². The molecule has 0 unspecified atom stereocenters. The maximum Gasteiger partial charge on any atom is 0.244 e. The first-order chi connectivity index (χ1) is 12.7. The van der Waals surface area contributed by atoms with Gasteiger partial charge in [-0.1, -0.05) is 68.9 Å². The number of rotatable bonds is 8. The van der Waals surface area contributed by atoms with Crippen molar-refractivity contribution >= 4 is 11.7 Å². The van der Waals surface area contributed by atoms with Crippen molar-refractivity contribution in [2.45, 2.75) is 59.8 Å². The molecular formula is C24H33NO2. The standard InChI is InChI=1S/C24H33NO2/c1-19-12-11-15-23(2,3)20(19)13-9-7-5-6-8-10-14-22(27)25-18-21(26)24(4)16-17-24/h5-10,13-14H,11-12,15-18H2,1-4H3,(H,25,27). The van der Waals surface area contributed by atoms with Crippen LogP contribution in [-0.4, -0.2) is 18.2 Å². The Hall–Kier alpha value is -2.16. The Kier molecular flexibility index (Phi) is 7.18. The summed E-state index contributed by atoms with van der Waals surface area (Å²) >= 11 is 0. The van der Waals surface area contributed by atoms with Crippen molar-refractivity contribution in [3.05, 3.63) is 59.8 Å². The fourth-order valence-electron chi connectivity index (χ4n) is 3.47. The van der Waals surface area contributed by atoms with Crippen LogP contribution < -0.4 is 5.32 Å². The van der Waals surface area contributed by atoms with Crippen molar-refractivity contribution in [2.75, 3.05) is 6.54 Å². The second-order valence-corrected chi connectivity index (χ2v) is 8.62. The molecule has 1 saturated carbocycles. The van der Waals surface area contributed by atoms with E-state index in [1.165, 1.54) is 36.5 Å². The van der Waals surface area contributed by atoms with Gasteiger partial charge in [0.05, 0.1) is 6.54 Å². The number of hydrogen-bond acceptors (Lipinski definition) is 2. The first-order valence-corrected chi connectivity index (χ1v) is 9.94. The Morgan fingerprint density at radius 2 is 1.59 bits per heavy atom. The molecule has 1 amide bonds. The molecule has 0 aromatic carbocycles. The molecule has 0 heterocycles. The van der Waals surface area contributed by atoms with Gasteiger partial charge in [0.2, 0.25) is 5.91 Å². The zero-order chi connectivity index (χ0) is 19.9. The SMILES string of the molecule is CC1=C(C=CC=CC=CC=CC(=O)NCC(=O)C2(C)CC2)C(C)(C)CCC1. The number of nitrogens with one attached hydrogen (secondary N) is 1. The van der Waals surface area contributed by atoms with E-state index in [1.54, 1.807) is 6.08 Å². The molecule has 1 fully saturated rings. The van der Waals surface area contributed by atoms with Crippen LogP contribution in [0.25, 0.3) is 0 Å². The van der Waals surface area contributed by atoms with Gasteiger partial charge in [0.1, 0.15) is 0 Å². The lowest BCUT2D eigenvalue weighted by atomic mass is 9.73. The highest BCUT2D eigenvalue weighted by atomic mass is 16.2. The third-order valence-electron chi connectivity index (χ3n) is 5.70. The maximum atomic E-state index is 11.8. The van der Waals surface area contributed by atoms with Crippen LogP contribution in [0.1, 0.15) is 59.8 Å². The highest BCUT2D eigenvalue weighted by Crippen LogP contribution is 2.45. The van der Waals surface area contributed by atoms with Gasteiger partial charge in [0.15, 0.2) is 5.78 Å². The summed E-state index contributed by atoms with van der Waals surface area (Å²) in [6.45, 7) is 8.94. The molecule has 2 rings (SSSR count). The van der Waals surface area contributed by atoms with E-state index in [4.69, 9.17) is 0 Å². The van der Waals surface area contributed by atoms with Crippen molar-refractivity contribution in [1.29, 1.82) is 0 Å². The first kappa shape index (κ1) is 21.1. The molecule has 2 aliphatic rings. The van der Waals surface area contributed by atoms with Gasteiger partial charge in [-0.05, 0) is 50.0 Å². The third-order valence-corrected chi connectivity index (χ3v) is 5.70. The van der Waals surface area contributed by atoms with Crippen molar-refractivity contribution in [3.63, 3.8) is 0 Å². The van der Waals surface area contributed by atoms with Gasteiger partial charge < -0.3 is 5.32 Å². The number of hydrogen-bond donors (Lipinski definition) is 1. The monoisotopic (exact) mass is 367 g/mol. The summed E-state index contributed by atoms with van der Waals surface area (Å²) in [4.78, 5) is 23.5. The minimum atomic E-state index is -0.233. The van der Waals surface area contributed by atoms with E-state index in [9.17, 15) is 9.59 Å². The van der Waals surface area contributed by atoms with Crippen LogP contribution in [0.3, 0.4) is 0 Å². The molecule has 3 heteroatoms. The van der Waals surface area contributed by atoms with Gasteiger partial charge in [-0.15, -0.1) is 0 Å². The highest BCUT2D eigenvalue weighted by molar-refractivity contribution is 5.94. The molecule has 0 saturated heterocycles. The summed E-state index contributed by atoms with van der Waals surface area (Å²) in [6, 6.07) is 0. The Bertz CT molecular complexity index is 713. The molecule has 1 N–H and O–H groups in total. The van der Waals surface area contributed by atoms with Crippen molar-refractivity contribution in [1.82, 2.24) is 5.32 Å². The van der Waals surface area contributed by atoms with E-state index in [0.717, 1.165) is 12.8 Å². The summed E-state index contributed by atoms with van der Waals surface area (Å²) in [5.74, 6) is -0.107. The average Bonchev–Trinajstić information content (AvgIpc) is 3.35. The van der Waals surface area contributed by atoms with E-state index in [-0.39, 0.29) is 29.1 Å². The van der Waals surface area contributed by atoms with Gasteiger partial charge in [-0.3, -0.25) is 9.59 Å². The molecule has 0 radical (unpaired) electrons. The quantitative estimate of drug-likeness (QED) is 0.472. The van der Waals surface area contributed by atoms with Crippen LogP contribution in [0.5, 0.6) is 0 Å². The summed E-state index contributed by atoms with van der Waals surface area (Å²) in [6.07, 6.45) is 20.7. The molecule has 0 aromatic rings. The lowest BCUT2D eigenvalue weighted by Crippen LogP contribution is -2.31. The van der Waals surface area contributed by atoms with Crippen LogP contribution >= 0.6 is 0 Å². The van der Waals surface area contributed by atoms with E-state index in [1.807, 2.05) is 31.2 Å². The van der Waals surface area contributed by atoms with Gasteiger partial charge in [0.25, 0.3) is 0 Å². The Labute approximate surface area is 164 Å². The van der Waals surface area contributed by atoms with Crippen LogP contribution in [0, 0.1) is 10.8 Å². The van der Waals surface area contributed by atoms with Crippen LogP contribution in [0.4, 0.5) is 0 Å². The molecule has 0 spiro atoms. The predicted molar refractivity (Wildman–Crippen MR) is 112 cm³/mol. The molecule has 0 aromatic heterocycles. The van der Waals surface area contributed by atoms with E-state index in [2.05, 4.69) is 38.2 Å². The van der Waals surface area contributed by atoms with Crippen LogP contribution in [0.2, 0.25) is 0 Å². The van der Waals surface area contributed by atoms with Crippen molar-refractivity contribution in [2.24, 2.45) is 10.8 Å². The summed E-state index contributed by atoms with van der Waals surface area (Å²) < 4.78 is 0. The second kappa shape index (κ2) is 9.16. The third kappa shape index (κ3) is 6.50. The number of carbonyl (C=O) groups is 2. The fraction of sp³-hybridized carbons (Fsp3) is 0.500. The number of Topliss-reactive ketones (excluding diaryl/α,β-unsaturated/α-hetero) is 1. The zero-order valence-corrected chi connectivity index (χ0v) is 17.2. The number of amides is 1. The summed E-state index contributed by atoms with van der Waals surface area (Å²) in [7, 11) is 0. The van der Waals surface area contributed by atoms with Gasteiger partial charge >= 0.3 is 0 Å². The fourth-order valence-corrected chi connectivity index (χ4v) is 3.47. The Balaban J connectivity index is 1.72. The largest absolute Gasteiger partial charge is 0.345 e. The predicted octanol–water partition coefficient (Wildman–Crippen LogP) is 5.22. The van der Waals surface area contributed by atoms with Crippen LogP contribution in [-0.2, 0) is 9.59 Å². The molecule has 0 atom stereocenters. The van der Waals surface area contributed by atoms with Gasteiger partial charge in [-0.25, -0.2) is 0 Å². The minimum Gasteiger partial charge on any atom is -0.345 e. The molecule has 0 bridgehead atoms. The molecule has 0 aliphatic heterocycles. The Morgan fingerprint density at radius 3 is 2.22 bits per heavy atom. The van der Waals surface area contributed by atoms with E-state index in [0.29, 0.717) is 0 Å². The van der Waals surface area contributed by atoms with Crippen LogP contribution in [0.15, 0.2) is 59.8 Å². The van der Waals surface area contributed by atoms with E-state index >= 15 is 0 Å². The van der Waals surface area contributed by atoms with Gasteiger partial charge in [-0.2, -0.15) is 0 Å². The lowest BCUT2D eigenvalue weighted by molar-refractivity contribution is -0.125. The number of ketones is 1. The normalized spacial score (nSPS) is 21.6. The smallest absolute Gasteiger partial charge is 0.244 e. The lowest BCUT2D eigenvalue weighted by Gasteiger charge is -2.32. The summed E-state index contributed by atoms with van der Waals surface area (Å²) in [5, 5.41) is 2.64. The molecule has 27 heavy (non-hydrogen) atoms. The molecule has 2 aliphatic carbocycles. The molecule has 3 nitrogen and oxygen atoms in total. The van der Waals surface area contributed by atoms with Crippen molar-refractivity contribution < 1.29 is 9.59 Å². The second-order valence-electron chi connectivity index (χ2n) is 8.62. The summed E-state index contributed by atoms with van der Waals surface area (Å²) in [5.41, 5.74) is 3.02. The highest BCUT2D eigenvalue weighted by Gasteiger charge is 2.44. The van der Waals surface area contributed by atoms with Crippen molar-refractivity contribution in [3.8, 4) is 0 Å². The number of allylic oxidation sites excluding steroid dienone is 9. The molecule has 146 valence electrons. The number of carbonyl (C=O) groups excluding carboxylic acids is 2. The Morgan fingerprint density at radius 1 is 0.963 bits per heavy atom. The first-order valence-electron chi connectivity index (χ1n) is 9.94. The maximum absolute atomic E-state index is 11.8. The molecular weight excluding hydrogens is 334 g/mol. The zero-order valence-electron chi connectivity index (χ0n) is 17.2. The average molecular weight is 368 g/mol. The van der Waals surface area contributed by atoms with E-state index < -0.39 is 0 Å².